The Bertz CT molecular complexity index is 578. The number of nitrogens with one attached hydrogen (secondary N) is 2. The molecule has 0 aliphatic rings. The number of anilines is 1. The Labute approximate surface area is 108 Å². The van der Waals surface area contributed by atoms with E-state index in [1.807, 2.05) is 6.07 Å². The molecule has 0 bridgehead atoms. The predicted octanol–water partition coefficient (Wildman–Crippen LogP) is 0.871. The molecule has 2 heterocycles. The lowest BCUT2D eigenvalue weighted by molar-refractivity contribution is 0.764. The fourth-order valence-corrected chi connectivity index (χ4v) is 2.03. The van der Waals surface area contributed by atoms with Crippen LogP contribution in [0.15, 0.2) is 27.4 Å². The first-order chi connectivity index (χ1) is 8.70. The van der Waals surface area contributed by atoms with Gasteiger partial charge in [-0.25, -0.2) is 19.9 Å². The molecule has 18 heavy (non-hydrogen) atoms. The average molecular weight is 266 g/mol. The standard InChI is InChI=1S/C10H14N6OS/c1-3-4-11-7-5-8(13-6-12-7)18-10-15-14-9(17)16(10)2/h5-6H,3-4H2,1-2H3,(H,14,17)(H,11,12,13). The van der Waals surface area contributed by atoms with E-state index in [1.54, 1.807) is 7.05 Å². The smallest absolute Gasteiger partial charge is 0.343 e. The van der Waals surface area contributed by atoms with Gasteiger partial charge < -0.3 is 5.32 Å². The third-order valence-corrected chi connectivity index (χ3v) is 3.21. The molecule has 0 aliphatic carbocycles. The van der Waals surface area contributed by atoms with Crippen molar-refractivity contribution in [2.24, 2.45) is 7.05 Å². The second-order valence-corrected chi connectivity index (χ2v) is 4.63. The molecular weight excluding hydrogens is 252 g/mol. The third kappa shape index (κ3) is 2.89. The zero-order chi connectivity index (χ0) is 13.0. The van der Waals surface area contributed by atoms with Crippen LogP contribution >= 0.6 is 11.8 Å². The van der Waals surface area contributed by atoms with E-state index in [1.165, 1.54) is 22.7 Å². The van der Waals surface area contributed by atoms with E-state index in [9.17, 15) is 4.79 Å². The highest BCUT2D eigenvalue weighted by Gasteiger charge is 2.08. The first kappa shape index (κ1) is 12.6. The van der Waals surface area contributed by atoms with Crippen LogP contribution in [0.2, 0.25) is 0 Å². The number of aromatic nitrogens is 5. The van der Waals surface area contributed by atoms with Crippen molar-refractivity contribution in [3.8, 4) is 0 Å². The van der Waals surface area contributed by atoms with Crippen LogP contribution in [-0.2, 0) is 7.05 Å². The first-order valence-corrected chi connectivity index (χ1v) is 6.37. The summed E-state index contributed by atoms with van der Waals surface area (Å²) in [6.07, 6.45) is 2.52. The fraction of sp³-hybridized carbons (Fsp3) is 0.400. The molecule has 0 aromatic carbocycles. The quantitative estimate of drug-likeness (QED) is 0.781. The highest BCUT2D eigenvalue weighted by Crippen LogP contribution is 2.23. The van der Waals surface area contributed by atoms with Crippen LogP contribution in [0.25, 0.3) is 0 Å². The molecule has 0 atom stereocenters. The molecule has 0 radical (unpaired) electrons. The minimum Gasteiger partial charge on any atom is -0.370 e. The molecule has 0 amide bonds. The van der Waals surface area contributed by atoms with E-state index in [-0.39, 0.29) is 5.69 Å². The van der Waals surface area contributed by atoms with Gasteiger partial charge in [-0.3, -0.25) is 4.57 Å². The number of aromatic amines is 1. The number of H-pyrrole nitrogens is 1. The van der Waals surface area contributed by atoms with Crippen LogP contribution in [0.5, 0.6) is 0 Å². The monoisotopic (exact) mass is 266 g/mol. The maximum absolute atomic E-state index is 11.2. The van der Waals surface area contributed by atoms with Crippen molar-refractivity contribution in [1.82, 2.24) is 24.7 Å². The number of nitrogens with zero attached hydrogens (tertiary/aromatic N) is 4. The topological polar surface area (TPSA) is 88.5 Å². The predicted molar refractivity (Wildman–Crippen MR) is 68.8 cm³/mol. The summed E-state index contributed by atoms with van der Waals surface area (Å²) in [4.78, 5) is 19.5. The molecule has 0 aliphatic heterocycles. The van der Waals surface area contributed by atoms with Crippen molar-refractivity contribution in [3.63, 3.8) is 0 Å². The molecule has 8 heteroatoms. The molecule has 0 unspecified atom stereocenters. The summed E-state index contributed by atoms with van der Waals surface area (Å²) in [5, 5.41) is 10.8. The van der Waals surface area contributed by atoms with Gasteiger partial charge in [0.1, 0.15) is 17.2 Å². The number of hydrogen-bond donors (Lipinski definition) is 2. The molecule has 0 saturated heterocycles. The van der Waals surface area contributed by atoms with E-state index in [2.05, 4.69) is 32.4 Å². The third-order valence-electron chi connectivity index (χ3n) is 2.23. The summed E-state index contributed by atoms with van der Waals surface area (Å²) in [6, 6.07) is 1.83. The van der Waals surface area contributed by atoms with E-state index < -0.39 is 0 Å². The number of rotatable bonds is 5. The Hall–Kier alpha value is -1.83. The lowest BCUT2D eigenvalue weighted by Gasteiger charge is -2.04. The van der Waals surface area contributed by atoms with Crippen LogP contribution in [0.4, 0.5) is 5.82 Å². The van der Waals surface area contributed by atoms with Crippen molar-refractivity contribution >= 4 is 17.6 Å². The Morgan fingerprint density at radius 2 is 2.33 bits per heavy atom. The van der Waals surface area contributed by atoms with Crippen LogP contribution in [0.3, 0.4) is 0 Å². The van der Waals surface area contributed by atoms with Gasteiger partial charge in [-0.05, 0) is 18.2 Å². The summed E-state index contributed by atoms with van der Waals surface area (Å²) in [5.74, 6) is 0.773. The molecule has 2 aromatic rings. The van der Waals surface area contributed by atoms with Gasteiger partial charge >= 0.3 is 5.69 Å². The molecule has 7 nitrogen and oxygen atoms in total. The van der Waals surface area contributed by atoms with Crippen molar-refractivity contribution in [3.05, 3.63) is 22.9 Å². The number of hydrogen-bond acceptors (Lipinski definition) is 6. The van der Waals surface area contributed by atoms with Gasteiger partial charge in [0.15, 0.2) is 5.16 Å². The normalized spacial score (nSPS) is 10.6. The van der Waals surface area contributed by atoms with E-state index in [4.69, 9.17) is 0 Å². The fourth-order valence-electron chi connectivity index (χ4n) is 1.26. The highest BCUT2D eigenvalue weighted by molar-refractivity contribution is 7.99. The van der Waals surface area contributed by atoms with Gasteiger partial charge in [0, 0.05) is 19.7 Å². The molecule has 2 rings (SSSR count). The van der Waals surface area contributed by atoms with Crippen molar-refractivity contribution in [1.29, 1.82) is 0 Å². The van der Waals surface area contributed by atoms with Crippen LogP contribution in [0.1, 0.15) is 13.3 Å². The summed E-state index contributed by atoms with van der Waals surface area (Å²) < 4.78 is 1.44. The zero-order valence-corrected chi connectivity index (χ0v) is 11.0. The summed E-state index contributed by atoms with van der Waals surface area (Å²) in [7, 11) is 1.66. The molecule has 0 saturated carbocycles. The molecule has 0 fully saturated rings. The molecule has 0 spiro atoms. The maximum Gasteiger partial charge on any atom is 0.343 e. The summed E-state index contributed by atoms with van der Waals surface area (Å²) >= 11 is 1.31. The maximum atomic E-state index is 11.2. The van der Waals surface area contributed by atoms with Crippen molar-refractivity contribution in [2.45, 2.75) is 23.5 Å². The lowest BCUT2D eigenvalue weighted by Crippen LogP contribution is -2.12. The van der Waals surface area contributed by atoms with Crippen molar-refractivity contribution < 1.29 is 0 Å². The molecule has 96 valence electrons. The Morgan fingerprint density at radius 1 is 1.50 bits per heavy atom. The Kier molecular flexibility index (Phi) is 3.98. The van der Waals surface area contributed by atoms with Gasteiger partial charge in [0.05, 0.1) is 0 Å². The molecule has 2 aromatic heterocycles. The second-order valence-electron chi connectivity index (χ2n) is 3.64. The van der Waals surface area contributed by atoms with Gasteiger partial charge in [-0.2, -0.15) is 0 Å². The van der Waals surface area contributed by atoms with Gasteiger partial charge in [-0.15, -0.1) is 5.10 Å². The SMILES string of the molecule is CCCNc1cc(Sc2n[nH]c(=O)n2C)ncn1. The summed E-state index contributed by atoms with van der Waals surface area (Å²) in [6.45, 7) is 2.95. The Balaban J connectivity index is 2.14. The van der Waals surface area contributed by atoms with E-state index in [0.29, 0.717) is 5.16 Å². The van der Waals surface area contributed by atoms with Gasteiger partial charge in [-0.1, -0.05) is 6.92 Å². The minimum atomic E-state index is -0.240. The summed E-state index contributed by atoms with van der Waals surface area (Å²) in [5.41, 5.74) is -0.240. The zero-order valence-electron chi connectivity index (χ0n) is 10.2. The largest absolute Gasteiger partial charge is 0.370 e. The lowest BCUT2D eigenvalue weighted by atomic mass is 10.4. The van der Waals surface area contributed by atoms with Gasteiger partial charge in [0.2, 0.25) is 0 Å². The second kappa shape index (κ2) is 5.67. The first-order valence-electron chi connectivity index (χ1n) is 5.56. The van der Waals surface area contributed by atoms with E-state index in [0.717, 1.165) is 23.8 Å². The molecule has 2 N–H and O–H groups in total. The van der Waals surface area contributed by atoms with Crippen LogP contribution in [0, 0.1) is 0 Å². The van der Waals surface area contributed by atoms with Gasteiger partial charge in [0.25, 0.3) is 0 Å². The minimum absolute atomic E-state index is 0.240. The highest BCUT2D eigenvalue weighted by atomic mass is 32.2. The Morgan fingerprint density at radius 3 is 3.00 bits per heavy atom. The molecular formula is C10H14N6OS. The average Bonchev–Trinajstić information content (AvgIpc) is 2.69. The van der Waals surface area contributed by atoms with Crippen molar-refractivity contribution in [2.75, 3.05) is 11.9 Å². The van der Waals surface area contributed by atoms with E-state index >= 15 is 0 Å². The van der Waals surface area contributed by atoms with Crippen LogP contribution in [-0.4, -0.2) is 31.3 Å². The van der Waals surface area contributed by atoms with Crippen LogP contribution < -0.4 is 11.0 Å².